The van der Waals surface area contributed by atoms with Gasteiger partial charge >= 0.3 is 38.7 Å². The van der Waals surface area contributed by atoms with Gasteiger partial charge in [0.2, 0.25) is 0 Å². The molecule has 0 N–H and O–H groups in total. The van der Waals surface area contributed by atoms with Gasteiger partial charge in [0.25, 0.3) is 0 Å². The molecule has 0 rings (SSSR count). The SMILES string of the molecule is [CH3][SnH]([CH3])[CH]=O. The Hall–Kier alpha value is 0.469. The van der Waals surface area contributed by atoms with Crippen LogP contribution in [0, 0.1) is 0 Å². The Morgan fingerprint density at radius 1 is 1.60 bits per heavy atom. The maximum atomic E-state index is 9.60. The molecule has 2 heteroatoms. The molecule has 5 heavy (non-hydrogen) atoms. The molecule has 30 valence electrons. The molecule has 0 bridgehead atoms. The molecule has 0 amide bonds. The van der Waals surface area contributed by atoms with Crippen molar-refractivity contribution in [2.45, 2.75) is 9.88 Å². The monoisotopic (exact) mass is 180 g/mol. The summed E-state index contributed by atoms with van der Waals surface area (Å²) in [5.74, 6) is 0. The Labute approximate surface area is 39.1 Å². The van der Waals surface area contributed by atoms with Crippen molar-refractivity contribution in [3.05, 3.63) is 0 Å². The summed E-state index contributed by atoms with van der Waals surface area (Å²) in [6.07, 6.45) is 0. The molecule has 0 aliphatic carbocycles. The first-order valence-electron chi connectivity index (χ1n) is 1.72. The third kappa shape index (κ3) is 4.47. The van der Waals surface area contributed by atoms with E-state index in [1.165, 1.54) is 0 Å². The molecule has 0 fully saturated rings. The second-order valence-corrected chi connectivity index (χ2v) is 9.26. The molecule has 0 aromatic heterocycles. The minimum absolute atomic E-state index is 1.13. The summed E-state index contributed by atoms with van der Waals surface area (Å²) in [5, 5.41) is 0. The average Bonchev–Trinajstić information content (AvgIpc) is 1.38. The Kier molecular flexibility index (Phi) is 2.94. The summed E-state index contributed by atoms with van der Waals surface area (Å²) < 4.78 is 1.13. The van der Waals surface area contributed by atoms with E-state index in [9.17, 15) is 4.79 Å². The van der Waals surface area contributed by atoms with Crippen LogP contribution in [0.25, 0.3) is 0 Å². The molecule has 0 unspecified atom stereocenters. The molecule has 0 atom stereocenters. The third-order valence-corrected chi connectivity index (χ3v) is 1.83. The summed E-state index contributed by atoms with van der Waals surface area (Å²) in [7, 11) is 0. The van der Waals surface area contributed by atoms with Gasteiger partial charge in [0, 0.05) is 0 Å². The number of carbonyl (C=O) groups excluding carboxylic acids is 1. The van der Waals surface area contributed by atoms with E-state index in [-0.39, 0.29) is 0 Å². The van der Waals surface area contributed by atoms with E-state index < -0.39 is 19.8 Å². The number of rotatable bonds is 1. The van der Waals surface area contributed by atoms with Gasteiger partial charge < -0.3 is 0 Å². The Morgan fingerprint density at radius 3 is 1.80 bits per heavy atom. The van der Waals surface area contributed by atoms with Gasteiger partial charge in [0.1, 0.15) is 0 Å². The topological polar surface area (TPSA) is 17.1 Å². The van der Waals surface area contributed by atoms with Gasteiger partial charge in [-0.3, -0.25) is 0 Å². The van der Waals surface area contributed by atoms with E-state index in [1.54, 1.807) is 0 Å². The number of hydrogen-bond donors (Lipinski definition) is 0. The second kappa shape index (κ2) is 2.69. The van der Waals surface area contributed by atoms with Crippen molar-refractivity contribution < 1.29 is 4.79 Å². The zero-order valence-corrected chi connectivity index (χ0v) is 6.86. The molecule has 0 saturated carbocycles. The van der Waals surface area contributed by atoms with E-state index >= 15 is 0 Å². The molecule has 0 spiro atoms. The van der Waals surface area contributed by atoms with Crippen LogP contribution in [-0.4, -0.2) is 24.1 Å². The first-order chi connectivity index (χ1) is 2.27. The molecule has 0 radical (unpaired) electrons. The fourth-order valence-electron chi connectivity index (χ4n) is 0. The van der Waals surface area contributed by atoms with E-state index in [4.69, 9.17) is 0 Å². The predicted octanol–water partition coefficient (Wildman–Crippen LogP) is 0.245. The predicted molar refractivity (Wildman–Crippen MR) is 25.6 cm³/mol. The maximum absolute atomic E-state index is 9.60. The first kappa shape index (κ1) is 5.47. The van der Waals surface area contributed by atoms with Crippen molar-refractivity contribution in [2.75, 3.05) is 0 Å². The van der Waals surface area contributed by atoms with E-state index in [2.05, 4.69) is 9.88 Å². The van der Waals surface area contributed by atoms with Gasteiger partial charge in [-0.15, -0.1) is 0 Å². The van der Waals surface area contributed by atoms with Crippen LogP contribution in [0.5, 0.6) is 0 Å². The summed E-state index contributed by atoms with van der Waals surface area (Å²) in [5.41, 5.74) is 0. The molecule has 1 nitrogen and oxygen atoms in total. The minimum atomic E-state index is -1.36. The normalized spacial score (nSPS) is 8.60. The van der Waals surface area contributed by atoms with Crippen molar-refractivity contribution in [1.82, 2.24) is 0 Å². The van der Waals surface area contributed by atoms with E-state index in [0.29, 0.717) is 0 Å². The fraction of sp³-hybridized carbons (Fsp3) is 0.667. The van der Waals surface area contributed by atoms with Crippen LogP contribution >= 0.6 is 0 Å². The standard InChI is InChI=1S/CHO.2CH3.Sn.H/c1-2;;;;/h1H;2*1H3;;. The third-order valence-electron chi connectivity index (χ3n) is 0.272. The van der Waals surface area contributed by atoms with Crippen LogP contribution in [0.2, 0.25) is 9.88 Å². The van der Waals surface area contributed by atoms with Gasteiger partial charge in [0.15, 0.2) is 0 Å². The molecule has 0 saturated heterocycles. The fourth-order valence-corrected chi connectivity index (χ4v) is 0. The summed E-state index contributed by atoms with van der Waals surface area (Å²) >= 11 is -1.36. The zero-order valence-electron chi connectivity index (χ0n) is 3.56. The zero-order chi connectivity index (χ0) is 4.28. The van der Waals surface area contributed by atoms with Gasteiger partial charge in [-0.2, -0.15) is 0 Å². The quantitative estimate of drug-likeness (QED) is 0.416. The number of hydrogen-bond acceptors (Lipinski definition) is 1. The van der Waals surface area contributed by atoms with Crippen molar-refractivity contribution in [3.63, 3.8) is 0 Å². The second-order valence-electron chi connectivity index (χ2n) is 1.38. The van der Waals surface area contributed by atoms with Gasteiger partial charge in [-0.1, -0.05) is 0 Å². The average molecular weight is 179 g/mol. The summed E-state index contributed by atoms with van der Waals surface area (Å²) in [6.45, 7) is 0. The van der Waals surface area contributed by atoms with Gasteiger partial charge in [-0.05, 0) is 0 Å². The molecule has 0 heterocycles. The molecule has 0 aliphatic heterocycles. The van der Waals surface area contributed by atoms with Gasteiger partial charge in [0.05, 0.1) is 0 Å². The van der Waals surface area contributed by atoms with Crippen molar-refractivity contribution in [1.29, 1.82) is 0 Å². The van der Waals surface area contributed by atoms with Crippen LogP contribution in [0.1, 0.15) is 0 Å². The Bertz CT molecular complexity index is 33.9. The van der Waals surface area contributed by atoms with Crippen LogP contribution in [0.15, 0.2) is 0 Å². The first-order valence-corrected chi connectivity index (χ1v) is 10.2. The van der Waals surface area contributed by atoms with Crippen LogP contribution in [-0.2, 0) is 4.79 Å². The van der Waals surface area contributed by atoms with Crippen LogP contribution in [0.4, 0.5) is 0 Å². The molecule has 0 aromatic rings. The van der Waals surface area contributed by atoms with Crippen LogP contribution in [0.3, 0.4) is 0 Å². The van der Waals surface area contributed by atoms with Crippen molar-refractivity contribution in [2.24, 2.45) is 0 Å². The van der Waals surface area contributed by atoms with E-state index in [0.717, 1.165) is 4.30 Å². The molecular weight excluding hydrogens is 171 g/mol. The van der Waals surface area contributed by atoms with Crippen LogP contribution < -0.4 is 0 Å². The Balaban J connectivity index is 2.83. The van der Waals surface area contributed by atoms with Crippen molar-refractivity contribution in [3.8, 4) is 0 Å². The van der Waals surface area contributed by atoms with E-state index in [1.807, 2.05) is 0 Å². The summed E-state index contributed by atoms with van der Waals surface area (Å²) in [6, 6.07) is 0. The molecule has 0 aliphatic rings. The van der Waals surface area contributed by atoms with Gasteiger partial charge in [-0.25, -0.2) is 0 Å². The molecule has 0 aromatic carbocycles. The summed E-state index contributed by atoms with van der Waals surface area (Å²) in [4.78, 5) is 13.7. The van der Waals surface area contributed by atoms with Crippen molar-refractivity contribution >= 4 is 24.1 Å². The Morgan fingerprint density at radius 2 is 1.80 bits per heavy atom. The number of carbonyl (C=O) groups is 1. The molecular formula is C3H8OSn.